The first-order valence-electron chi connectivity index (χ1n) is 11.9. The van der Waals surface area contributed by atoms with Crippen LogP contribution in [0.2, 0.25) is 0 Å². The van der Waals surface area contributed by atoms with Gasteiger partial charge in [0.15, 0.2) is 5.96 Å². The number of carbonyl (C=O) groups excluding carboxylic acids is 1. The molecule has 1 aromatic rings. The summed E-state index contributed by atoms with van der Waals surface area (Å²) < 4.78 is 5.58. The van der Waals surface area contributed by atoms with Crippen LogP contribution in [0.25, 0.3) is 0 Å². The Morgan fingerprint density at radius 1 is 1.06 bits per heavy atom. The minimum absolute atomic E-state index is 0. The van der Waals surface area contributed by atoms with E-state index in [2.05, 4.69) is 44.9 Å². The van der Waals surface area contributed by atoms with Crippen LogP contribution >= 0.6 is 24.0 Å². The maximum absolute atomic E-state index is 12.3. The number of amides is 1. The van der Waals surface area contributed by atoms with E-state index in [9.17, 15) is 4.79 Å². The van der Waals surface area contributed by atoms with Crippen LogP contribution in [0.4, 0.5) is 0 Å². The summed E-state index contributed by atoms with van der Waals surface area (Å²) in [6, 6.07) is 10.2. The third-order valence-corrected chi connectivity index (χ3v) is 6.35. The van der Waals surface area contributed by atoms with Gasteiger partial charge in [-0.25, -0.2) is 4.99 Å². The maximum Gasteiger partial charge on any atom is 0.241 e. The summed E-state index contributed by atoms with van der Waals surface area (Å²) in [6.07, 6.45) is 7.12. The summed E-state index contributed by atoms with van der Waals surface area (Å²) in [4.78, 5) is 19.4. The standard InChI is InChI=1S/C24H39N5O2.HI/c1-2-25-23(27-19-22(30)26-14-11-21-9-5-3-6-10-21)28-20-24(12-7-4-8-13-24)29-15-17-31-18-16-29;/h3,5-6,9-10H,2,4,7-8,11-20H2,1H3,(H,26,30)(H2,25,27,28);1H. The number of hydrogen-bond acceptors (Lipinski definition) is 4. The molecule has 0 aromatic heterocycles. The van der Waals surface area contributed by atoms with Gasteiger partial charge in [0.2, 0.25) is 5.91 Å². The second-order valence-corrected chi connectivity index (χ2v) is 8.52. The van der Waals surface area contributed by atoms with Crippen molar-refractivity contribution in [2.45, 2.75) is 51.0 Å². The molecule has 180 valence electrons. The van der Waals surface area contributed by atoms with Crippen molar-refractivity contribution < 1.29 is 9.53 Å². The molecule has 1 amide bonds. The predicted molar refractivity (Wildman–Crippen MR) is 141 cm³/mol. The van der Waals surface area contributed by atoms with Crippen molar-refractivity contribution in [2.75, 3.05) is 52.5 Å². The molecule has 1 saturated heterocycles. The lowest BCUT2D eigenvalue weighted by Crippen LogP contribution is -2.60. The number of ether oxygens (including phenoxy) is 1. The molecule has 0 atom stereocenters. The lowest BCUT2D eigenvalue weighted by molar-refractivity contribution is -0.119. The van der Waals surface area contributed by atoms with E-state index in [4.69, 9.17) is 4.74 Å². The molecule has 2 fully saturated rings. The number of rotatable bonds is 9. The van der Waals surface area contributed by atoms with Gasteiger partial charge in [-0.05, 0) is 31.7 Å². The minimum Gasteiger partial charge on any atom is -0.379 e. The summed E-state index contributed by atoms with van der Waals surface area (Å²) in [7, 11) is 0. The maximum atomic E-state index is 12.3. The molecule has 7 nitrogen and oxygen atoms in total. The van der Waals surface area contributed by atoms with Gasteiger partial charge < -0.3 is 20.7 Å². The second kappa shape index (κ2) is 14.7. The molecule has 3 N–H and O–H groups in total. The lowest BCUT2D eigenvalue weighted by Gasteiger charge is -2.48. The van der Waals surface area contributed by atoms with Crippen LogP contribution in [0, 0.1) is 0 Å². The number of halogens is 1. The van der Waals surface area contributed by atoms with Crippen molar-refractivity contribution in [1.82, 2.24) is 20.9 Å². The van der Waals surface area contributed by atoms with Crippen molar-refractivity contribution in [3.63, 3.8) is 0 Å². The van der Waals surface area contributed by atoms with Gasteiger partial charge in [0.1, 0.15) is 6.54 Å². The predicted octanol–water partition coefficient (Wildman–Crippen LogP) is 2.55. The van der Waals surface area contributed by atoms with Crippen LogP contribution in [-0.2, 0) is 16.0 Å². The lowest BCUT2D eigenvalue weighted by atomic mass is 9.80. The number of guanidine groups is 1. The number of nitrogens with zero attached hydrogens (tertiary/aromatic N) is 2. The first kappa shape index (κ1) is 26.9. The highest BCUT2D eigenvalue weighted by Crippen LogP contribution is 2.33. The zero-order chi connectivity index (χ0) is 21.8. The molecule has 0 unspecified atom stereocenters. The van der Waals surface area contributed by atoms with Gasteiger partial charge in [0, 0.05) is 38.3 Å². The molecule has 0 bridgehead atoms. The van der Waals surface area contributed by atoms with Gasteiger partial charge >= 0.3 is 0 Å². The topological polar surface area (TPSA) is 78.0 Å². The number of carbonyl (C=O) groups is 1. The van der Waals surface area contributed by atoms with Crippen molar-refractivity contribution in [3.8, 4) is 0 Å². The molecule has 1 aromatic carbocycles. The fraction of sp³-hybridized carbons (Fsp3) is 0.667. The quantitative estimate of drug-likeness (QED) is 0.247. The Kier molecular flexibility index (Phi) is 12.3. The van der Waals surface area contributed by atoms with Crippen molar-refractivity contribution >= 4 is 35.8 Å². The average molecular weight is 558 g/mol. The second-order valence-electron chi connectivity index (χ2n) is 8.52. The number of hydrogen-bond donors (Lipinski definition) is 3. The van der Waals surface area contributed by atoms with Crippen molar-refractivity contribution in [3.05, 3.63) is 35.9 Å². The van der Waals surface area contributed by atoms with E-state index in [1.165, 1.54) is 37.7 Å². The summed E-state index contributed by atoms with van der Waals surface area (Å²) in [6.45, 7) is 8.07. The average Bonchev–Trinajstić information content (AvgIpc) is 2.83. The van der Waals surface area contributed by atoms with E-state index in [0.29, 0.717) is 6.54 Å². The Morgan fingerprint density at radius 3 is 2.47 bits per heavy atom. The molecule has 3 rings (SSSR count). The van der Waals surface area contributed by atoms with Crippen LogP contribution in [0.5, 0.6) is 0 Å². The molecule has 1 aliphatic carbocycles. The summed E-state index contributed by atoms with van der Waals surface area (Å²) in [5.41, 5.74) is 1.39. The number of nitrogens with one attached hydrogen (secondary N) is 3. The third kappa shape index (κ3) is 8.51. The zero-order valence-electron chi connectivity index (χ0n) is 19.4. The number of morpholine rings is 1. The number of benzene rings is 1. The van der Waals surface area contributed by atoms with Gasteiger partial charge in [0.25, 0.3) is 0 Å². The van der Waals surface area contributed by atoms with Gasteiger partial charge in [0.05, 0.1) is 13.2 Å². The summed E-state index contributed by atoms with van der Waals surface area (Å²) in [5, 5.41) is 9.81. The highest BCUT2D eigenvalue weighted by molar-refractivity contribution is 14.0. The Morgan fingerprint density at radius 2 is 1.78 bits per heavy atom. The molecular weight excluding hydrogens is 517 g/mol. The third-order valence-electron chi connectivity index (χ3n) is 6.35. The van der Waals surface area contributed by atoms with Crippen molar-refractivity contribution in [1.29, 1.82) is 0 Å². The van der Waals surface area contributed by atoms with Crippen molar-refractivity contribution in [2.24, 2.45) is 4.99 Å². The Balaban J connectivity index is 0.00000363. The first-order valence-corrected chi connectivity index (χ1v) is 11.9. The zero-order valence-corrected chi connectivity index (χ0v) is 21.7. The Hall–Kier alpha value is -1.39. The van der Waals surface area contributed by atoms with Crippen LogP contribution in [0.3, 0.4) is 0 Å². The van der Waals surface area contributed by atoms with E-state index in [-0.39, 0.29) is 42.0 Å². The largest absolute Gasteiger partial charge is 0.379 e. The van der Waals surface area contributed by atoms with Crippen LogP contribution in [0.15, 0.2) is 35.3 Å². The highest BCUT2D eigenvalue weighted by atomic mass is 127. The molecule has 0 radical (unpaired) electrons. The van der Waals surface area contributed by atoms with Crippen LogP contribution < -0.4 is 16.0 Å². The fourth-order valence-corrected chi connectivity index (χ4v) is 4.64. The Bertz CT molecular complexity index is 689. The molecular formula is C24H40IN5O2. The minimum atomic E-state index is -0.0475. The van der Waals surface area contributed by atoms with E-state index in [1.807, 2.05) is 18.2 Å². The molecule has 32 heavy (non-hydrogen) atoms. The first-order chi connectivity index (χ1) is 15.2. The van der Waals surface area contributed by atoms with E-state index >= 15 is 0 Å². The van der Waals surface area contributed by atoms with E-state index < -0.39 is 0 Å². The summed E-state index contributed by atoms with van der Waals surface area (Å²) in [5.74, 6) is 0.674. The van der Waals surface area contributed by atoms with Gasteiger partial charge in [-0.3, -0.25) is 9.69 Å². The SMILES string of the molecule is CCNC(=NCC(=O)NCCc1ccccc1)NCC1(N2CCOCC2)CCCCC1.I. The molecule has 0 spiro atoms. The molecule has 1 heterocycles. The molecule has 1 aliphatic heterocycles. The number of aliphatic imine (C=N–C) groups is 1. The molecule has 1 saturated carbocycles. The smallest absolute Gasteiger partial charge is 0.241 e. The van der Waals surface area contributed by atoms with Gasteiger partial charge in [-0.1, -0.05) is 49.6 Å². The molecule has 2 aliphatic rings. The van der Waals surface area contributed by atoms with Gasteiger partial charge in [-0.2, -0.15) is 0 Å². The molecule has 8 heteroatoms. The van der Waals surface area contributed by atoms with E-state index in [1.54, 1.807) is 0 Å². The summed E-state index contributed by atoms with van der Waals surface area (Å²) >= 11 is 0. The van der Waals surface area contributed by atoms with Crippen LogP contribution in [0.1, 0.15) is 44.6 Å². The van der Waals surface area contributed by atoms with Crippen LogP contribution in [-0.4, -0.2) is 74.8 Å². The highest BCUT2D eigenvalue weighted by Gasteiger charge is 2.38. The van der Waals surface area contributed by atoms with Gasteiger partial charge in [-0.15, -0.1) is 24.0 Å². The Labute approximate surface area is 210 Å². The fourth-order valence-electron chi connectivity index (χ4n) is 4.64. The van der Waals surface area contributed by atoms with E-state index in [0.717, 1.165) is 51.8 Å². The monoisotopic (exact) mass is 557 g/mol. The normalized spacial score (nSPS) is 19.0.